The van der Waals surface area contributed by atoms with Gasteiger partial charge in [-0.15, -0.1) is 0 Å². The normalized spacial score (nSPS) is 10.2. The average molecular weight is 287 g/mol. The Kier molecular flexibility index (Phi) is 3.91. The number of nitrogen functional groups attached to an aromatic ring is 1. The molecule has 0 aromatic heterocycles. The number of ether oxygens (including phenoxy) is 1. The van der Waals surface area contributed by atoms with Gasteiger partial charge in [-0.3, -0.25) is 5.84 Å². The molecule has 0 saturated heterocycles. The first-order valence-corrected chi connectivity index (χ1v) is 5.75. The molecule has 0 aliphatic rings. The maximum Gasteiger partial charge on any atom is 0.165 e. The van der Waals surface area contributed by atoms with Gasteiger partial charge in [0.05, 0.1) is 15.7 Å². The van der Waals surface area contributed by atoms with E-state index in [1.165, 1.54) is 24.3 Å². The third kappa shape index (κ3) is 2.67. The van der Waals surface area contributed by atoms with E-state index in [2.05, 4.69) is 5.43 Å². The zero-order valence-corrected chi connectivity index (χ0v) is 10.6. The number of anilines is 1. The van der Waals surface area contributed by atoms with Gasteiger partial charge in [0.2, 0.25) is 0 Å². The highest BCUT2D eigenvalue weighted by Gasteiger charge is 2.10. The van der Waals surface area contributed by atoms with Crippen LogP contribution in [0.1, 0.15) is 0 Å². The lowest BCUT2D eigenvalue weighted by molar-refractivity contribution is 0.442. The minimum Gasteiger partial charge on any atom is -0.454 e. The molecular weight excluding hydrogens is 278 g/mol. The molecule has 0 bridgehead atoms. The number of hydrogen-bond acceptors (Lipinski definition) is 3. The maximum atomic E-state index is 13.4. The molecule has 2 aromatic rings. The lowest BCUT2D eigenvalue weighted by Gasteiger charge is -2.10. The Balaban J connectivity index is 2.34. The van der Waals surface area contributed by atoms with E-state index in [0.717, 1.165) is 0 Å². The second kappa shape index (κ2) is 5.44. The molecule has 0 spiro atoms. The van der Waals surface area contributed by atoms with Gasteiger partial charge in [-0.1, -0.05) is 35.3 Å². The Bertz CT molecular complexity index is 555. The van der Waals surface area contributed by atoms with Crippen molar-refractivity contribution in [2.24, 2.45) is 5.84 Å². The van der Waals surface area contributed by atoms with Crippen LogP contribution >= 0.6 is 23.2 Å². The SMILES string of the molecule is NNc1c(Cl)cc(Oc2ccccc2F)cc1Cl. The molecular formula is C12H9Cl2FN2O. The van der Waals surface area contributed by atoms with E-state index >= 15 is 0 Å². The summed E-state index contributed by atoms with van der Waals surface area (Å²) < 4.78 is 18.8. The number of hydrogen-bond donors (Lipinski definition) is 2. The molecule has 3 nitrogen and oxygen atoms in total. The van der Waals surface area contributed by atoms with Crippen molar-refractivity contribution in [3.63, 3.8) is 0 Å². The number of halogens is 3. The molecule has 0 amide bonds. The fourth-order valence-electron chi connectivity index (χ4n) is 1.40. The Hall–Kier alpha value is -1.49. The Morgan fingerprint density at radius 1 is 1.11 bits per heavy atom. The van der Waals surface area contributed by atoms with Gasteiger partial charge in [-0.25, -0.2) is 4.39 Å². The van der Waals surface area contributed by atoms with Crippen molar-refractivity contribution in [3.05, 3.63) is 52.3 Å². The molecule has 94 valence electrons. The standard InChI is InChI=1S/C12H9Cl2FN2O/c13-8-5-7(6-9(14)12(8)17-16)18-11-4-2-1-3-10(11)15/h1-6,17H,16H2. The quantitative estimate of drug-likeness (QED) is 0.656. The lowest BCUT2D eigenvalue weighted by Crippen LogP contribution is -2.07. The number of nitrogens with two attached hydrogens (primary N) is 1. The summed E-state index contributed by atoms with van der Waals surface area (Å²) in [5.41, 5.74) is 2.76. The summed E-state index contributed by atoms with van der Waals surface area (Å²) >= 11 is 11.9. The molecule has 0 aliphatic carbocycles. The first kappa shape index (κ1) is 13.0. The molecule has 6 heteroatoms. The van der Waals surface area contributed by atoms with Gasteiger partial charge in [0.25, 0.3) is 0 Å². The molecule has 2 rings (SSSR count). The predicted octanol–water partition coefficient (Wildman–Crippen LogP) is 4.21. The monoisotopic (exact) mass is 286 g/mol. The highest BCUT2D eigenvalue weighted by atomic mass is 35.5. The van der Waals surface area contributed by atoms with Crippen LogP contribution in [0, 0.1) is 5.82 Å². The fraction of sp³-hybridized carbons (Fsp3) is 0. The van der Waals surface area contributed by atoms with Gasteiger partial charge in [0, 0.05) is 12.1 Å². The van der Waals surface area contributed by atoms with E-state index in [-0.39, 0.29) is 15.8 Å². The topological polar surface area (TPSA) is 47.3 Å². The molecule has 0 heterocycles. The van der Waals surface area contributed by atoms with Gasteiger partial charge in [0.15, 0.2) is 11.6 Å². The van der Waals surface area contributed by atoms with E-state index in [0.29, 0.717) is 11.4 Å². The largest absolute Gasteiger partial charge is 0.454 e. The third-order valence-electron chi connectivity index (χ3n) is 2.22. The summed E-state index contributed by atoms with van der Waals surface area (Å²) in [6, 6.07) is 9.03. The van der Waals surface area contributed by atoms with Crippen molar-refractivity contribution in [2.45, 2.75) is 0 Å². The van der Waals surface area contributed by atoms with Gasteiger partial charge in [-0.2, -0.15) is 0 Å². The lowest BCUT2D eigenvalue weighted by atomic mass is 10.3. The number of nitrogens with one attached hydrogen (secondary N) is 1. The summed E-state index contributed by atoms with van der Waals surface area (Å²) in [5, 5.41) is 0.577. The summed E-state index contributed by atoms with van der Waals surface area (Å²) in [7, 11) is 0. The second-order valence-corrected chi connectivity index (χ2v) is 4.25. The van der Waals surface area contributed by atoms with E-state index in [1.807, 2.05) is 0 Å². The van der Waals surface area contributed by atoms with E-state index < -0.39 is 5.82 Å². The summed E-state index contributed by atoms with van der Waals surface area (Å²) in [6.07, 6.45) is 0. The fourth-order valence-corrected chi connectivity index (χ4v) is 1.98. The molecule has 0 atom stereocenters. The molecule has 0 saturated carbocycles. The molecule has 0 aliphatic heterocycles. The number of para-hydroxylation sites is 1. The zero-order chi connectivity index (χ0) is 13.1. The molecule has 18 heavy (non-hydrogen) atoms. The van der Waals surface area contributed by atoms with E-state index in [1.54, 1.807) is 12.1 Å². The van der Waals surface area contributed by atoms with Crippen LogP contribution in [0.3, 0.4) is 0 Å². The van der Waals surface area contributed by atoms with Gasteiger partial charge < -0.3 is 10.2 Å². The van der Waals surface area contributed by atoms with Crippen LogP contribution in [-0.2, 0) is 0 Å². The molecule has 0 fully saturated rings. The van der Waals surface area contributed by atoms with Crippen molar-refractivity contribution in [2.75, 3.05) is 5.43 Å². The minimum atomic E-state index is -0.467. The van der Waals surface area contributed by atoms with Gasteiger partial charge >= 0.3 is 0 Å². The Labute approximate surface area is 113 Å². The molecule has 0 unspecified atom stereocenters. The van der Waals surface area contributed by atoms with Crippen LogP contribution in [0.4, 0.5) is 10.1 Å². The average Bonchev–Trinajstić information content (AvgIpc) is 2.32. The van der Waals surface area contributed by atoms with E-state index in [9.17, 15) is 4.39 Å². The van der Waals surface area contributed by atoms with Crippen LogP contribution in [0.15, 0.2) is 36.4 Å². The maximum absolute atomic E-state index is 13.4. The van der Waals surface area contributed by atoms with Crippen molar-refractivity contribution < 1.29 is 9.13 Å². The number of hydrazine groups is 1. The molecule has 2 aromatic carbocycles. The highest BCUT2D eigenvalue weighted by molar-refractivity contribution is 6.39. The third-order valence-corrected chi connectivity index (χ3v) is 2.82. The smallest absolute Gasteiger partial charge is 0.165 e. The van der Waals surface area contributed by atoms with Crippen molar-refractivity contribution in [1.82, 2.24) is 0 Å². The van der Waals surface area contributed by atoms with Crippen molar-refractivity contribution >= 4 is 28.9 Å². The van der Waals surface area contributed by atoms with Crippen LogP contribution in [0.25, 0.3) is 0 Å². The van der Waals surface area contributed by atoms with Crippen LogP contribution < -0.4 is 16.0 Å². The minimum absolute atomic E-state index is 0.0955. The zero-order valence-electron chi connectivity index (χ0n) is 9.08. The van der Waals surface area contributed by atoms with Gasteiger partial charge in [0.1, 0.15) is 5.75 Å². The van der Waals surface area contributed by atoms with Crippen LogP contribution in [-0.4, -0.2) is 0 Å². The summed E-state index contributed by atoms with van der Waals surface area (Å²) in [5.74, 6) is 5.21. The first-order chi connectivity index (χ1) is 8.61. The highest BCUT2D eigenvalue weighted by Crippen LogP contribution is 2.36. The van der Waals surface area contributed by atoms with Crippen LogP contribution in [0.2, 0.25) is 10.0 Å². The Morgan fingerprint density at radius 2 is 1.72 bits per heavy atom. The number of benzene rings is 2. The van der Waals surface area contributed by atoms with Crippen LogP contribution in [0.5, 0.6) is 11.5 Å². The number of rotatable bonds is 3. The molecule has 3 N–H and O–H groups in total. The summed E-state index contributed by atoms with van der Waals surface area (Å²) in [4.78, 5) is 0. The van der Waals surface area contributed by atoms with Gasteiger partial charge in [-0.05, 0) is 12.1 Å². The first-order valence-electron chi connectivity index (χ1n) is 5.00. The van der Waals surface area contributed by atoms with Crippen molar-refractivity contribution in [1.29, 1.82) is 0 Å². The second-order valence-electron chi connectivity index (χ2n) is 3.44. The predicted molar refractivity (Wildman–Crippen MR) is 70.7 cm³/mol. The summed E-state index contributed by atoms with van der Waals surface area (Å²) in [6.45, 7) is 0. The Morgan fingerprint density at radius 3 is 2.28 bits per heavy atom. The van der Waals surface area contributed by atoms with Crippen molar-refractivity contribution in [3.8, 4) is 11.5 Å². The van der Waals surface area contributed by atoms with E-state index in [4.69, 9.17) is 33.8 Å². The molecule has 0 radical (unpaired) electrons.